The number of carbonyl (C=O) groups is 2. The molecule has 1 aliphatic heterocycles. The van der Waals surface area contributed by atoms with Gasteiger partial charge in [-0.25, -0.2) is 28.6 Å². The molecule has 1 fully saturated rings. The van der Waals surface area contributed by atoms with Gasteiger partial charge >= 0.3 is 23.5 Å². The molecular formula is C21H35N8O18P3S. The van der Waals surface area contributed by atoms with Crippen molar-refractivity contribution >= 4 is 64.2 Å². The first kappa shape index (κ1) is 42.7. The van der Waals surface area contributed by atoms with E-state index < -0.39 is 88.9 Å². The smallest absolute Gasteiger partial charge is 0.386 e. The van der Waals surface area contributed by atoms with Crippen LogP contribution in [-0.2, 0) is 45.9 Å². The molecule has 2 amide bonds. The predicted octanol–water partition coefficient (Wildman–Crippen LogP) is -1.67. The molecule has 288 valence electrons. The first-order valence-corrected chi connectivity index (χ1v) is 19.6. The fraction of sp³-hybridized carbons (Fsp3) is 0.667. The highest BCUT2D eigenvalue weighted by Crippen LogP contribution is 2.61. The van der Waals surface area contributed by atoms with Crippen molar-refractivity contribution in [2.45, 2.75) is 50.9 Å². The van der Waals surface area contributed by atoms with E-state index in [9.17, 15) is 63.2 Å². The van der Waals surface area contributed by atoms with Crippen LogP contribution in [0.1, 0.15) is 26.5 Å². The zero-order valence-electron chi connectivity index (χ0n) is 26.4. The Morgan fingerprint density at radius 1 is 1.14 bits per heavy atom. The number of nitrogens with zero attached hydrogens (tertiary/aromatic N) is 5. The van der Waals surface area contributed by atoms with Gasteiger partial charge in [0.15, 0.2) is 17.7 Å². The Kier molecular flexibility index (Phi) is 14.6. The average Bonchev–Trinajstić information content (AvgIpc) is 3.57. The van der Waals surface area contributed by atoms with E-state index in [-0.39, 0.29) is 42.2 Å². The number of aliphatic hydroxyl groups excluding tert-OH is 2. The minimum absolute atomic E-state index is 0.000359. The number of anilines is 1. The fourth-order valence-corrected chi connectivity index (χ4v) is 7.42. The monoisotopic (exact) mass is 812 g/mol. The summed E-state index contributed by atoms with van der Waals surface area (Å²) in [6.45, 7) is 0.134. The van der Waals surface area contributed by atoms with Crippen LogP contribution < -0.4 is 16.4 Å². The molecule has 2 aromatic rings. The summed E-state index contributed by atoms with van der Waals surface area (Å²) >= 11 is 0.386. The van der Waals surface area contributed by atoms with E-state index in [1.54, 1.807) is 0 Å². The minimum atomic E-state index is -5.57. The summed E-state index contributed by atoms with van der Waals surface area (Å²) in [6.07, 6.45) is -7.06. The number of nitro groups is 1. The summed E-state index contributed by atoms with van der Waals surface area (Å²) < 4.78 is 61.1. The third-order valence-corrected chi connectivity index (χ3v) is 10.4. The summed E-state index contributed by atoms with van der Waals surface area (Å²) in [4.78, 5) is 85.1. The summed E-state index contributed by atoms with van der Waals surface area (Å²) in [7, 11) is -16.4. The summed E-state index contributed by atoms with van der Waals surface area (Å²) in [5.41, 5.74) is 4.21. The maximum Gasteiger partial charge on any atom is 0.481 e. The number of nitrogens with two attached hydrogens (primary N) is 1. The lowest BCUT2D eigenvalue weighted by Gasteiger charge is -2.30. The number of nitrogens with one attached hydrogen (secondary N) is 2. The van der Waals surface area contributed by atoms with E-state index >= 15 is 0 Å². The van der Waals surface area contributed by atoms with Gasteiger partial charge in [0.25, 0.3) is 0 Å². The molecule has 3 heterocycles. The van der Waals surface area contributed by atoms with Crippen LogP contribution in [0.4, 0.5) is 5.82 Å². The highest BCUT2D eigenvalue weighted by molar-refractivity contribution is 7.93. The Balaban J connectivity index is 1.55. The SMILES string of the molecule is CC(C)(COP(=O)(O)OP(=O)(O)OC[C@H]1O[C@@H](n2cnc3c(N)ncnc32)[C@H](O)[C@@H]1OP(=O)(O)O)[C@@H](O)C(=O)NCCC(=O)NCCS[N+](=O)[O-]. The standard InChI is InChI=1S/C21H35N8O18P3S/c1-21(2,16(32)19(33)24-4-3-12(30)23-5-6-51-29(34)35)8-44-50(41,42)47-49(39,40)43-7-11-15(46-48(36,37)38)14(31)20(45-11)28-10-27-13-17(22)25-9-26-18(13)28/h9-11,14-16,20,31-32H,3-8H2,1-2H3,(H,23,30)(H,24,33)(H,39,40)(H,41,42)(H2,22,25,26)(H2,36,37,38)/t11-,14-,15-,16+,20-/m1/s1. The molecule has 10 N–H and O–H groups in total. The Hall–Kier alpha value is -2.71. The molecule has 0 bridgehead atoms. The Labute approximate surface area is 291 Å². The van der Waals surface area contributed by atoms with Crippen molar-refractivity contribution in [3.8, 4) is 0 Å². The number of nitrogen functional groups attached to an aromatic ring is 1. The van der Waals surface area contributed by atoms with Crippen LogP contribution in [-0.4, -0.2) is 122 Å². The van der Waals surface area contributed by atoms with Crippen LogP contribution in [0.3, 0.4) is 0 Å². The second-order valence-electron chi connectivity index (χ2n) is 11.1. The molecule has 0 aliphatic carbocycles. The number of ether oxygens (including phenoxy) is 1. The van der Waals surface area contributed by atoms with Gasteiger partial charge in [0, 0.05) is 24.9 Å². The van der Waals surface area contributed by atoms with Gasteiger partial charge in [-0.3, -0.25) is 37.8 Å². The van der Waals surface area contributed by atoms with Crippen molar-refractivity contribution in [1.82, 2.24) is 30.2 Å². The molecule has 2 unspecified atom stereocenters. The molecular weight excluding hydrogens is 777 g/mol. The molecule has 0 spiro atoms. The average molecular weight is 813 g/mol. The number of fused-ring (bicyclic) bond motifs is 1. The third kappa shape index (κ3) is 12.7. The second-order valence-corrected chi connectivity index (χ2v) is 16.3. The van der Waals surface area contributed by atoms with Crippen molar-refractivity contribution in [3.05, 3.63) is 22.8 Å². The van der Waals surface area contributed by atoms with E-state index in [1.807, 2.05) is 0 Å². The van der Waals surface area contributed by atoms with Gasteiger partial charge < -0.3 is 50.9 Å². The number of aliphatic hydroxyl groups is 2. The highest BCUT2D eigenvalue weighted by Gasteiger charge is 2.50. The van der Waals surface area contributed by atoms with E-state index in [0.29, 0.717) is 11.9 Å². The van der Waals surface area contributed by atoms with Crippen LogP contribution in [0.25, 0.3) is 11.2 Å². The number of amides is 2. The first-order chi connectivity index (χ1) is 23.5. The number of carbonyl (C=O) groups excluding carboxylic acids is 2. The van der Waals surface area contributed by atoms with Gasteiger partial charge in [-0.05, 0) is 0 Å². The predicted molar refractivity (Wildman–Crippen MR) is 169 cm³/mol. The van der Waals surface area contributed by atoms with Gasteiger partial charge in [-0.2, -0.15) is 4.31 Å². The van der Waals surface area contributed by atoms with E-state index in [0.717, 1.165) is 17.2 Å². The molecule has 30 heteroatoms. The molecule has 7 atom stereocenters. The van der Waals surface area contributed by atoms with Crippen molar-refractivity contribution in [2.75, 3.05) is 37.8 Å². The van der Waals surface area contributed by atoms with Gasteiger partial charge in [0.1, 0.15) is 40.6 Å². The molecule has 0 radical (unpaired) electrons. The molecule has 0 saturated carbocycles. The number of hydrogen-bond donors (Lipinski definition) is 9. The Bertz CT molecular complexity index is 1710. The zero-order chi connectivity index (χ0) is 38.4. The number of hydrogen-bond acceptors (Lipinski definition) is 19. The van der Waals surface area contributed by atoms with Crippen molar-refractivity contribution < 1.29 is 80.0 Å². The maximum absolute atomic E-state index is 12.6. The van der Waals surface area contributed by atoms with Crippen molar-refractivity contribution in [2.24, 2.45) is 5.41 Å². The van der Waals surface area contributed by atoms with E-state index in [4.69, 9.17) is 19.5 Å². The van der Waals surface area contributed by atoms with Gasteiger partial charge in [0.2, 0.25) is 23.8 Å². The van der Waals surface area contributed by atoms with Crippen molar-refractivity contribution in [1.29, 1.82) is 0 Å². The number of rotatable bonds is 20. The van der Waals surface area contributed by atoms with Gasteiger partial charge in [-0.1, -0.05) is 13.8 Å². The molecule has 0 aromatic carbocycles. The normalized spacial score (nSPS) is 22.6. The Morgan fingerprint density at radius 3 is 2.45 bits per heavy atom. The number of imidazole rings is 1. The molecule has 1 aliphatic rings. The van der Waals surface area contributed by atoms with Crippen LogP contribution in [0.15, 0.2) is 12.7 Å². The fourth-order valence-electron chi connectivity index (χ4n) is 4.25. The number of phosphoric ester groups is 3. The molecule has 2 aromatic heterocycles. The van der Waals surface area contributed by atoms with Crippen LogP contribution in [0.2, 0.25) is 0 Å². The molecule has 1 saturated heterocycles. The topological polar surface area (TPSA) is 390 Å². The van der Waals surface area contributed by atoms with Gasteiger partial charge in [0.05, 0.1) is 25.3 Å². The third-order valence-electron chi connectivity index (χ3n) is 6.70. The molecule has 51 heavy (non-hydrogen) atoms. The summed E-state index contributed by atoms with van der Waals surface area (Å²) in [6, 6.07) is 0. The van der Waals surface area contributed by atoms with Crippen LogP contribution in [0, 0.1) is 15.5 Å². The van der Waals surface area contributed by atoms with Crippen LogP contribution in [0.5, 0.6) is 0 Å². The van der Waals surface area contributed by atoms with Crippen molar-refractivity contribution in [3.63, 3.8) is 0 Å². The van der Waals surface area contributed by atoms with E-state index in [1.165, 1.54) is 13.8 Å². The lowest BCUT2D eigenvalue weighted by atomic mass is 9.87. The maximum atomic E-state index is 12.6. The lowest BCUT2D eigenvalue weighted by Crippen LogP contribution is -2.46. The second kappa shape index (κ2) is 17.4. The number of phosphoric acid groups is 3. The quantitative estimate of drug-likeness (QED) is 0.0237. The largest absolute Gasteiger partial charge is 0.481 e. The highest BCUT2D eigenvalue weighted by atomic mass is 32.2. The molecule has 3 rings (SSSR count). The minimum Gasteiger partial charge on any atom is -0.386 e. The van der Waals surface area contributed by atoms with Crippen LogP contribution >= 0.6 is 35.4 Å². The first-order valence-electron chi connectivity index (χ1n) is 14.2. The Morgan fingerprint density at radius 2 is 1.80 bits per heavy atom. The number of aromatic nitrogens is 4. The van der Waals surface area contributed by atoms with E-state index in [2.05, 4.69) is 34.4 Å². The zero-order valence-corrected chi connectivity index (χ0v) is 29.9. The van der Waals surface area contributed by atoms with Gasteiger partial charge in [-0.15, -0.1) is 0 Å². The molecule has 26 nitrogen and oxygen atoms in total. The summed E-state index contributed by atoms with van der Waals surface area (Å²) in [5.74, 6) is -1.60. The summed E-state index contributed by atoms with van der Waals surface area (Å²) in [5, 5.41) is 36.2. The lowest BCUT2D eigenvalue weighted by molar-refractivity contribution is -0.284.